The number of hydrogen-bond acceptors (Lipinski definition) is 3. The Bertz CT molecular complexity index is 263. The average Bonchev–Trinajstić information content (AvgIpc) is 2.23. The fraction of sp³-hybridized carbons (Fsp3) is 0.455. The number of rotatable bonds is 8. The van der Waals surface area contributed by atoms with Gasteiger partial charge in [-0.25, -0.2) is 0 Å². The summed E-state index contributed by atoms with van der Waals surface area (Å²) in [5.41, 5.74) is 0. The van der Waals surface area contributed by atoms with E-state index in [4.69, 9.17) is 9.05 Å². The van der Waals surface area contributed by atoms with Crippen LogP contribution in [-0.2, 0) is 13.6 Å². The predicted molar refractivity (Wildman–Crippen MR) is 61.5 cm³/mol. The third-order valence-electron chi connectivity index (χ3n) is 1.36. The molecule has 82 valence electrons. The first-order valence-corrected chi connectivity index (χ1v) is 5.81. The standard InChI is InChI=1S/C11H16O3P/c1-3-5-7-8-9-11-14-15(12)13-10-6-4-2/h3-4H,1-2,5-7,10-11H2/q+1. The Hall–Kier alpha value is -0.940. The third-order valence-corrected chi connectivity index (χ3v) is 2.09. The molecule has 0 aliphatic carbocycles. The molecule has 0 saturated heterocycles. The molecule has 0 aromatic carbocycles. The van der Waals surface area contributed by atoms with Gasteiger partial charge < -0.3 is 0 Å². The summed E-state index contributed by atoms with van der Waals surface area (Å²) in [7, 11) is -2.04. The van der Waals surface area contributed by atoms with Crippen LogP contribution in [-0.4, -0.2) is 13.2 Å². The maximum absolute atomic E-state index is 11.0. The van der Waals surface area contributed by atoms with E-state index in [0.29, 0.717) is 13.0 Å². The summed E-state index contributed by atoms with van der Waals surface area (Å²) in [5, 5.41) is 0. The van der Waals surface area contributed by atoms with Crippen molar-refractivity contribution >= 4 is 8.25 Å². The van der Waals surface area contributed by atoms with Crippen molar-refractivity contribution in [3.63, 3.8) is 0 Å². The lowest BCUT2D eigenvalue weighted by atomic mass is 10.3. The van der Waals surface area contributed by atoms with E-state index in [1.807, 2.05) is 0 Å². The van der Waals surface area contributed by atoms with E-state index < -0.39 is 8.25 Å². The molecule has 0 fully saturated rings. The summed E-state index contributed by atoms with van der Waals surface area (Å²) < 4.78 is 20.7. The second kappa shape index (κ2) is 11.1. The zero-order valence-electron chi connectivity index (χ0n) is 8.78. The highest BCUT2D eigenvalue weighted by Gasteiger charge is 2.17. The second-order valence-electron chi connectivity index (χ2n) is 2.59. The Balaban J connectivity index is 3.39. The van der Waals surface area contributed by atoms with E-state index in [2.05, 4.69) is 25.0 Å². The Labute approximate surface area is 92.1 Å². The molecule has 0 amide bonds. The molecule has 15 heavy (non-hydrogen) atoms. The first-order chi connectivity index (χ1) is 7.31. The minimum Gasteiger partial charge on any atom is -0.119 e. The van der Waals surface area contributed by atoms with Gasteiger partial charge in [-0.15, -0.1) is 28.1 Å². The van der Waals surface area contributed by atoms with E-state index in [1.54, 1.807) is 12.2 Å². The maximum atomic E-state index is 11.0. The Morgan fingerprint density at radius 2 is 1.87 bits per heavy atom. The van der Waals surface area contributed by atoms with Gasteiger partial charge in [0.25, 0.3) is 0 Å². The van der Waals surface area contributed by atoms with Crippen molar-refractivity contribution in [1.29, 1.82) is 0 Å². The smallest absolute Gasteiger partial charge is 0.119 e. The normalized spacial score (nSPS) is 10.0. The molecule has 0 saturated carbocycles. The number of hydrogen-bond donors (Lipinski definition) is 0. The molecule has 0 N–H and O–H groups in total. The zero-order chi connectivity index (χ0) is 11.4. The van der Waals surface area contributed by atoms with Crippen LogP contribution in [0.25, 0.3) is 0 Å². The van der Waals surface area contributed by atoms with Gasteiger partial charge in [0.15, 0.2) is 6.61 Å². The van der Waals surface area contributed by atoms with Crippen LogP contribution >= 0.6 is 8.25 Å². The van der Waals surface area contributed by atoms with Crippen molar-refractivity contribution in [2.75, 3.05) is 13.2 Å². The Morgan fingerprint density at radius 1 is 1.13 bits per heavy atom. The lowest BCUT2D eigenvalue weighted by Crippen LogP contribution is -1.87. The highest BCUT2D eigenvalue weighted by Crippen LogP contribution is 2.22. The van der Waals surface area contributed by atoms with Crippen LogP contribution in [0.1, 0.15) is 19.3 Å². The fourth-order valence-corrected chi connectivity index (χ4v) is 1.15. The van der Waals surface area contributed by atoms with Crippen molar-refractivity contribution in [3.05, 3.63) is 25.3 Å². The quantitative estimate of drug-likeness (QED) is 0.276. The van der Waals surface area contributed by atoms with E-state index in [1.165, 1.54) is 0 Å². The molecule has 1 unspecified atom stereocenters. The van der Waals surface area contributed by atoms with Gasteiger partial charge >= 0.3 is 8.25 Å². The molecule has 1 atom stereocenters. The average molecular weight is 227 g/mol. The molecule has 0 bridgehead atoms. The SMILES string of the molecule is C=CCCC#CCO[P+](=O)OCCC=C. The van der Waals surface area contributed by atoms with Crippen molar-refractivity contribution in [3.8, 4) is 11.8 Å². The molecule has 0 radical (unpaired) electrons. The third kappa shape index (κ3) is 11.0. The maximum Gasteiger partial charge on any atom is 0.698 e. The van der Waals surface area contributed by atoms with Crippen LogP contribution in [0.5, 0.6) is 0 Å². The van der Waals surface area contributed by atoms with Gasteiger partial charge in [-0.2, -0.15) is 0 Å². The number of allylic oxidation sites excluding steroid dienone is 1. The van der Waals surface area contributed by atoms with Gasteiger partial charge in [-0.1, -0.05) is 18.1 Å². The van der Waals surface area contributed by atoms with E-state index in [0.717, 1.165) is 12.8 Å². The van der Waals surface area contributed by atoms with Crippen LogP contribution in [0.2, 0.25) is 0 Å². The Kier molecular flexibility index (Phi) is 10.4. The number of unbranched alkanes of at least 4 members (excludes halogenated alkanes) is 1. The van der Waals surface area contributed by atoms with E-state index >= 15 is 0 Å². The lowest BCUT2D eigenvalue weighted by molar-refractivity contribution is 0.247. The molecular formula is C11H16O3P+. The van der Waals surface area contributed by atoms with Gasteiger partial charge in [0, 0.05) is 11.0 Å². The van der Waals surface area contributed by atoms with Crippen LogP contribution in [0, 0.1) is 11.8 Å². The first-order valence-electron chi connectivity index (χ1n) is 4.72. The summed E-state index contributed by atoms with van der Waals surface area (Å²) >= 11 is 0. The monoisotopic (exact) mass is 227 g/mol. The lowest BCUT2D eigenvalue weighted by Gasteiger charge is -1.85. The van der Waals surface area contributed by atoms with E-state index in [9.17, 15) is 4.57 Å². The van der Waals surface area contributed by atoms with Crippen molar-refractivity contribution < 1.29 is 13.6 Å². The highest BCUT2D eigenvalue weighted by atomic mass is 31.1. The molecule has 0 heterocycles. The van der Waals surface area contributed by atoms with Crippen molar-refractivity contribution in [2.24, 2.45) is 0 Å². The summed E-state index contributed by atoms with van der Waals surface area (Å²) in [6, 6.07) is 0. The largest absolute Gasteiger partial charge is 0.698 e. The molecule has 3 nitrogen and oxygen atoms in total. The Morgan fingerprint density at radius 3 is 2.53 bits per heavy atom. The minimum absolute atomic E-state index is 0.139. The summed E-state index contributed by atoms with van der Waals surface area (Å²) in [5.74, 6) is 5.60. The summed E-state index contributed by atoms with van der Waals surface area (Å²) in [6.07, 6.45) is 5.76. The van der Waals surface area contributed by atoms with Crippen molar-refractivity contribution in [2.45, 2.75) is 19.3 Å². The molecule has 0 rings (SSSR count). The molecule has 0 aliphatic heterocycles. The molecule has 4 heteroatoms. The van der Waals surface area contributed by atoms with Gasteiger partial charge in [0.2, 0.25) is 0 Å². The van der Waals surface area contributed by atoms with Gasteiger partial charge in [0.05, 0.1) is 0 Å². The minimum atomic E-state index is -2.04. The fourth-order valence-electron chi connectivity index (χ4n) is 0.646. The first kappa shape index (κ1) is 14.1. The van der Waals surface area contributed by atoms with Crippen LogP contribution in [0.15, 0.2) is 25.3 Å². The van der Waals surface area contributed by atoms with Gasteiger partial charge in [0.1, 0.15) is 6.61 Å². The highest BCUT2D eigenvalue weighted by molar-refractivity contribution is 7.33. The molecule has 0 aromatic rings. The molecular weight excluding hydrogens is 211 g/mol. The van der Waals surface area contributed by atoms with Crippen LogP contribution < -0.4 is 0 Å². The topological polar surface area (TPSA) is 35.5 Å². The van der Waals surface area contributed by atoms with Gasteiger partial charge in [-0.05, 0) is 12.8 Å². The van der Waals surface area contributed by atoms with Gasteiger partial charge in [-0.3, -0.25) is 0 Å². The van der Waals surface area contributed by atoms with Crippen molar-refractivity contribution in [1.82, 2.24) is 0 Å². The summed E-state index contributed by atoms with van der Waals surface area (Å²) in [4.78, 5) is 0. The predicted octanol–water partition coefficient (Wildman–Crippen LogP) is 3.22. The van der Waals surface area contributed by atoms with Crippen LogP contribution in [0.4, 0.5) is 0 Å². The van der Waals surface area contributed by atoms with Crippen LogP contribution in [0.3, 0.4) is 0 Å². The molecule has 0 aliphatic rings. The zero-order valence-corrected chi connectivity index (χ0v) is 9.67. The van der Waals surface area contributed by atoms with E-state index in [-0.39, 0.29) is 6.61 Å². The summed E-state index contributed by atoms with van der Waals surface area (Å²) in [6.45, 7) is 7.59. The molecule has 0 aromatic heterocycles. The second-order valence-corrected chi connectivity index (χ2v) is 3.55. The molecule has 0 spiro atoms.